The van der Waals surface area contributed by atoms with Crippen LogP contribution < -0.4 is 0 Å². The molecule has 0 aliphatic carbocycles. The van der Waals surface area contributed by atoms with Crippen LogP contribution in [0, 0.1) is 12.3 Å². The predicted octanol–water partition coefficient (Wildman–Crippen LogP) is 0.377. The van der Waals surface area contributed by atoms with Crippen LogP contribution in [-0.2, 0) is 11.0 Å². The first-order chi connectivity index (χ1) is 4.75. The smallest absolute Gasteiger partial charge is 0.0951 e. The average molecular weight is 157 g/mol. The fourth-order valence-electron chi connectivity index (χ4n) is 1.06. The van der Waals surface area contributed by atoms with Crippen LogP contribution in [0.1, 0.15) is 12.8 Å². The summed E-state index contributed by atoms with van der Waals surface area (Å²) in [6.45, 7) is 0. The highest BCUT2D eigenvalue weighted by Crippen LogP contribution is 2.14. The summed E-state index contributed by atoms with van der Waals surface area (Å²) >= 11 is 0. The van der Waals surface area contributed by atoms with Crippen LogP contribution >= 0.6 is 0 Å². The van der Waals surface area contributed by atoms with E-state index in [0.717, 1.165) is 18.6 Å². The topological polar surface area (TPSA) is 20.3 Å². The Labute approximate surface area is 64.2 Å². The summed E-state index contributed by atoms with van der Waals surface area (Å²) in [5, 5.41) is 0. The Kier molecular flexibility index (Phi) is 2.47. The molecule has 0 spiro atoms. The molecular weight excluding hydrogens is 146 g/mol. The van der Waals surface area contributed by atoms with E-state index in [1.807, 2.05) is 7.05 Å². The van der Waals surface area contributed by atoms with Gasteiger partial charge in [0.1, 0.15) is 0 Å². The molecule has 1 saturated heterocycles. The van der Waals surface area contributed by atoms with Crippen molar-refractivity contribution in [2.24, 2.45) is 0 Å². The van der Waals surface area contributed by atoms with Crippen molar-refractivity contribution in [2.45, 2.75) is 18.9 Å². The maximum absolute atomic E-state index is 11.1. The molecule has 1 fully saturated rings. The van der Waals surface area contributed by atoms with Crippen LogP contribution in [0.15, 0.2) is 0 Å². The average Bonchev–Trinajstić information content (AvgIpc) is 1.95. The van der Waals surface area contributed by atoms with E-state index in [2.05, 4.69) is 5.92 Å². The third-order valence-electron chi connectivity index (χ3n) is 1.75. The standard InChI is InChI=1S/C7H11NOS/c1-3-7-5-4-6-10(9)8(7)2/h1,7H,4-6H2,2H3. The first-order valence-corrected chi connectivity index (χ1v) is 4.60. The Morgan fingerprint density at radius 1 is 1.80 bits per heavy atom. The number of rotatable bonds is 0. The molecule has 56 valence electrons. The number of hydrogen-bond donors (Lipinski definition) is 0. The van der Waals surface area contributed by atoms with E-state index in [-0.39, 0.29) is 6.04 Å². The van der Waals surface area contributed by atoms with Gasteiger partial charge in [-0.15, -0.1) is 6.42 Å². The molecule has 1 aliphatic rings. The van der Waals surface area contributed by atoms with Gasteiger partial charge in [0, 0.05) is 12.8 Å². The maximum Gasteiger partial charge on any atom is 0.0951 e. The SMILES string of the molecule is C#CC1CCCS(=O)N1C. The van der Waals surface area contributed by atoms with Crippen LogP contribution in [0.2, 0.25) is 0 Å². The van der Waals surface area contributed by atoms with E-state index in [4.69, 9.17) is 6.42 Å². The van der Waals surface area contributed by atoms with Crippen LogP contribution in [0.4, 0.5) is 0 Å². The zero-order chi connectivity index (χ0) is 7.56. The molecule has 0 radical (unpaired) electrons. The zero-order valence-electron chi connectivity index (χ0n) is 6.04. The molecule has 3 heteroatoms. The van der Waals surface area contributed by atoms with Gasteiger partial charge < -0.3 is 0 Å². The lowest BCUT2D eigenvalue weighted by molar-refractivity contribution is 0.415. The molecule has 0 aromatic carbocycles. The highest BCUT2D eigenvalue weighted by molar-refractivity contribution is 7.82. The lowest BCUT2D eigenvalue weighted by atomic mass is 10.2. The Bertz CT molecular complexity index is 185. The minimum absolute atomic E-state index is 0.0922. The quantitative estimate of drug-likeness (QED) is 0.465. The monoisotopic (exact) mass is 157 g/mol. The summed E-state index contributed by atoms with van der Waals surface area (Å²) in [6, 6.07) is 0.0922. The maximum atomic E-state index is 11.1. The molecule has 0 saturated carbocycles. The molecule has 0 aromatic rings. The molecule has 2 atom stereocenters. The van der Waals surface area contributed by atoms with Gasteiger partial charge in [-0.05, 0) is 12.8 Å². The van der Waals surface area contributed by atoms with Crippen molar-refractivity contribution in [1.82, 2.24) is 4.31 Å². The summed E-state index contributed by atoms with van der Waals surface area (Å²) in [5.41, 5.74) is 0. The number of hydrogen-bond acceptors (Lipinski definition) is 1. The van der Waals surface area contributed by atoms with Crippen molar-refractivity contribution in [3.05, 3.63) is 0 Å². The molecule has 0 aromatic heterocycles. The van der Waals surface area contributed by atoms with Crippen molar-refractivity contribution in [3.8, 4) is 12.3 Å². The predicted molar refractivity (Wildman–Crippen MR) is 42.6 cm³/mol. The summed E-state index contributed by atoms with van der Waals surface area (Å²) in [6.07, 6.45) is 7.21. The molecule has 2 unspecified atom stereocenters. The van der Waals surface area contributed by atoms with E-state index < -0.39 is 11.0 Å². The Morgan fingerprint density at radius 2 is 2.50 bits per heavy atom. The molecule has 10 heavy (non-hydrogen) atoms. The van der Waals surface area contributed by atoms with E-state index >= 15 is 0 Å². The van der Waals surface area contributed by atoms with Gasteiger partial charge in [0.25, 0.3) is 0 Å². The lowest BCUT2D eigenvalue weighted by Crippen LogP contribution is -2.37. The molecule has 1 heterocycles. The Balaban J connectivity index is 2.61. The largest absolute Gasteiger partial charge is 0.243 e. The first-order valence-electron chi connectivity index (χ1n) is 3.33. The number of nitrogens with zero attached hydrogens (tertiary/aromatic N) is 1. The second-order valence-electron chi connectivity index (χ2n) is 2.40. The second kappa shape index (κ2) is 3.18. The van der Waals surface area contributed by atoms with Gasteiger partial charge in [0.15, 0.2) is 0 Å². The highest BCUT2D eigenvalue weighted by Gasteiger charge is 2.21. The van der Waals surface area contributed by atoms with Crippen LogP contribution in [0.25, 0.3) is 0 Å². The third-order valence-corrected chi connectivity index (χ3v) is 3.28. The van der Waals surface area contributed by atoms with Gasteiger partial charge in [0.05, 0.1) is 17.0 Å². The highest BCUT2D eigenvalue weighted by atomic mass is 32.2. The number of terminal acetylenes is 1. The second-order valence-corrected chi connectivity index (χ2v) is 4.02. The normalized spacial score (nSPS) is 35.2. The fraction of sp³-hybridized carbons (Fsp3) is 0.714. The summed E-state index contributed by atoms with van der Waals surface area (Å²) < 4.78 is 12.9. The van der Waals surface area contributed by atoms with Crippen molar-refractivity contribution in [3.63, 3.8) is 0 Å². The van der Waals surface area contributed by atoms with E-state index in [1.54, 1.807) is 4.31 Å². The Morgan fingerprint density at radius 3 is 3.00 bits per heavy atom. The summed E-state index contributed by atoms with van der Waals surface area (Å²) in [5.74, 6) is 3.39. The van der Waals surface area contributed by atoms with Gasteiger partial charge in [-0.3, -0.25) is 0 Å². The third kappa shape index (κ3) is 1.39. The minimum Gasteiger partial charge on any atom is -0.243 e. The molecule has 1 aliphatic heterocycles. The lowest BCUT2D eigenvalue weighted by Gasteiger charge is -2.26. The van der Waals surface area contributed by atoms with E-state index in [9.17, 15) is 4.21 Å². The van der Waals surface area contributed by atoms with Gasteiger partial charge in [0.2, 0.25) is 0 Å². The molecular formula is C7H11NOS. The summed E-state index contributed by atoms with van der Waals surface area (Å²) in [4.78, 5) is 0. The Hall–Kier alpha value is -0.330. The molecule has 0 N–H and O–H groups in total. The zero-order valence-corrected chi connectivity index (χ0v) is 6.86. The van der Waals surface area contributed by atoms with Gasteiger partial charge in [-0.2, -0.15) is 0 Å². The van der Waals surface area contributed by atoms with Gasteiger partial charge >= 0.3 is 0 Å². The van der Waals surface area contributed by atoms with Crippen LogP contribution in [0.3, 0.4) is 0 Å². The van der Waals surface area contributed by atoms with E-state index in [0.29, 0.717) is 0 Å². The van der Waals surface area contributed by atoms with E-state index in [1.165, 1.54) is 0 Å². The molecule has 2 nitrogen and oxygen atoms in total. The van der Waals surface area contributed by atoms with Gasteiger partial charge in [-0.25, -0.2) is 8.51 Å². The van der Waals surface area contributed by atoms with Crippen molar-refractivity contribution in [2.75, 3.05) is 12.8 Å². The van der Waals surface area contributed by atoms with Gasteiger partial charge in [-0.1, -0.05) is 5.92 Å². The summed E-state index contributed by atoms with van der Waals surface area (Å²) in [7, 11) is 0.995. The molecule has 1 rings (SSSR count). The minimum atomic E-state index is -0.824. The molecule has 0 bridgehead atoms. The fourth-order valence-corrected chi connectivity index (χ4v) is 2.21. The van der Waals surface area contributed by atoms with Crippen molar-refractivity contribution < 1.29 is 4.21 Å². The first kappa shape index (κ1) is 7.77. The van der Waals surface area contributed by atoms with Crippen molar-refractivity contribution in [1.29, 1.82) is 0 Å². The molecule has 0 amide bonds. The van der Waals surface area contributed by atoms with Crippen molar-refractivity contribution >= 4 is 11.0 Å². The van der Waals surface area contributed by atoms with Crippen LogP contribution in [0.5, 0.6) is 0 Å². The van der Waals surface area contributed by atoms with Crippen LogP contribution in [-0.4, -0.2) is 27.4 Å².